The number of aromatic nitrogens is 3. The van der Waals surface area contributed by atoms with E-state index in [0.717, 1.165) is 34.1 Å². The van der Waals surface area contributed by atoms with Crippen molar-refractivity contribution in [1.82, 2.24) is 19.9 Å². The SMILES string of the molecule is Cc1cc(C)c2nc(C)cc(C(=O)NCCC(C)n3ccnc3)c2c1. The van der Waals surface area contributed by atoms with Crippen LogP contribution in [0.1, 0.15) is 46.6 Å². The molecule has 130 valence electrons. The third kappa shape index (κ3) is 3.71. The molecule has 1 atom stereocenters. The first kappa shape index (κ1) is 17.1. The highest BCUT2D eigenvalue weighted by Crippen LogP contribution is 2.23. The Hall–Kier alpha value is -2.69. The summed E-state index contributed by atoms with van der Waals surface area (Å²) in [6.45, 7) is 8.74. The van der Waals surface area contributed by atoms with E-state index >= 15 is 0 Å². The van der Waals surface area contributed by atoms with Crippen LogP contribution in [0.5, 0.6) is 0 Å². The molecule has 3 aromatic rings. The van der Waals surface area contributed by atoms with Gasteiger partial charge in [0.25, 0.3) is 5.91 Å². The summed E-state index contributed by atoms with van der Waals surface area (Å²) in [6.07, 6.45) is 6.36. The molecule has 5 heteroatoms. The van der Waals surface area contributed by atoms with E-state index in [1.165, 1.54) is 0 Å². The van der Waals surface area contributed by atoms with Crippen LogP contribution in [0.3, 0.4) is 0 Å². The number of amides is 1. The van der Waals surface area contributed by atoms with Crippen molar-refractivity contribution in [2.75, 3.05) is 6.54 Å². The molecular formula is C20H24N4O. The average Bonchev–Trinajstić information content (AvgIpc) is 3.09. The molecule has 0 aliphatic heterocycles. The van der Waals surface area contributed by atoms with Gasteiger partial charge in [-0.05, 0) is 51.8 Å². The quantitative estimate of drug-likeness (QED) is 0.772. The Bertz CT molecular complexity index is 900. The van der Waals surface area contributed by atoms with Crippen LogP contribution in [0.25, 0.3) is 10.9 Å². The number of carbonyl (C=O) groups is 1. The van der Waals surface area contributed by atoms with Gasteiger partial charge in [-0.15, -0.1) is 0 Å². The zero-order chi connectivity index (χ0) is 18.0. The van der Waals surface area contributed by atoms with E-state index < -0.39 is 0 Å². The van der Waals surface area contributed by atoms with Crippen LogP contribution in [0, 0.1) is 20.8 Å². The lowest BCUT2D eigenvalue weighted by atomic mass is 10.0. The summed E-state index contributed by atoms with van der Waals surface area (Å²) in [5.74, 6) is -0.0432. The fraction of sp³-hybridized carbons (Fsp3) is 0.350. The third-order valence-electron chi connectivity index (χ3n) is 4.50. The minimum absolute atomic E-state index is 0.0432. The minimum atomic E-state index is -0.0432. The van der Waals surface area contributed by atoms with Gasteiger partial charge < -0.3 is 9.88 Å². The number of hydrogen-bond acceptors (Lipinski definition) is 3. The van der Waals surface area contributed by atoms with Gasteiger partial charge in [0.05, 0.1) is 17.4 Å². The first-order valence-electron chi connectivity index (χ1n) is 8.60. The number of pyridine rings is 1. The molecule has 1 N–H and O–H groups in total. The predicted octanol–water partition coefficient (Wildman–Crippen LogP) is 3.74. The number of fused-ring (bicyclic) bond motifs is 1. The lowest BCUT2D eigenvalue weighted by Crippen LogP contribution is -2.26. The number of aryl methyl sites for hydroxylation is 3. The summed E-state index contributed by atoms with van der Waals surface area (Å²) in [7, 11) is 0. The summed E-state index contributed by atoms with van der Waals surface area (Å²) in [5.41, 5.74) is 4.70. The summed E-state index contributed by atoms with van der Waals surface area (Å²) in [5, 5.41) is 3.97. The second-order valence-electron chi connectivity index (χ2n) is 6.69. The molecule has 0 aliphatic carbocycles. The number of benzene rings is 1. The molecule has 0 bridgehead atoms. The van der Waals surface area contributed by atoms with E-state index in [4.69, 9.17) is 0 Å². The number of carbonyl (C=O) groups excluding carboxylic acids is 1. The smallest absolute Gasteiger partial charge is 0.252 e. The van der Waals surface area contributed by atoms with E-state index in [1.807, 2.05) is 43.7 Å². The zero-order valence-electron chi connectivity index (χ0n) is 15.2. The molecule has 5 nitrogen and oxygen atoms in total. The maximum absolute atomic E-state index is 12.7. The van der Waals surface area contributed by atoms with Crippen LogP contribution in [0.15, 0.2) is 36.9 Å². The Balaban J connectivity index is 1.78. The highest BCUT2D eigenvalue weighted by atomic mass is 16.1. The first-order chi connectivity index (χ1) is 12.0. The van der Waals surface area contributed by atoms with Crippen molar-refractivity contribution in [3.05, 3.63) is 59.3 Å². The fourth-order valence-electron chi connectivity index (χ4n) is 3.17. The van der Waals surface area contributed by atoms with E-state index in [2.05, 4.69) is 28.3 Å². The largest absolute Gasteiger partial charge is 0.352 e. The highest BCUT2D eigenvalue weighted by molar-refractivity contribution is 6.07. The van der Waals surface area contributed by atoms with Gasteiger partial charge in [0.15, 0.2) is 0 Å². The van der Waals surface area contributed by atoms with E-state index in [-0.39, 0.29) is 5.91 Å². The monoisotopic (exact) mass is 336 g/mol. The van der Waals surface area contributed by atoms with Crippen LogP contribution >= 0.6 is 0 Å². The molecule has 0 aliphatic rings. The fourth-order valence-corrected chi connectivity index (χ4v) is 3.17. The van der Waals surface area contributed by atoms with Gasteiger partial charge in [-0.3, -0.25) is 9.78 Å². The van der Waals surface area contributed by atoms with Crippen molar-refractivity contribution in [3.8, 4) is 0 Å². The molecule has 3 rings (SSSR count). The van der Waals surface area contributed by atoms with Crippen LogP contribution in [0.2, 0.25) is 0 Å². The molecule has 1 aromatic carbocycles. The lowest BCUT2D eigenvalue weighted by molar-refractivity contribution is 0.0953. The first-order valence-corrected chi connectivity index (χ1v) is 8.60. The molecule has 0 radical (unpaired) electrons. The van der Waals surface area contributed by atoms with Gasteiger partial charge in [0, 0.05) is 36.1 Å². The molecule has 0 saturated heterocycles. The van der Waals surface area contributed by atoms with Crippen LogP contribution in [-0.2, 0) is 0 Å². The van der Waals surface area contributed by atoms with Gasteiger partial charge in [-0.1, -0.05) is 11.6 Å². The van der Waals surface area contributed by atoms with Gasteiger partial charge in [-0.2, -0.15) is 0 Å². The van der Waals surface area contributed by atoms with E-state index in [9.17, 15) is 4.79 Å². The molecule has 0 fully saturated rings. The molecule has 2 aromatic heterocycles. The number of nitrogens with zero attached hydrogens (tertiary/aromatic N) is 3. The number of hydrogen-bond donors (Lipinski definition) is 1. The van der Waals surface area contributed by atoms with Crippen molar-refractivity contribution in [2.45, 2.75) is 40.2 Å². The van der Waals surface area contributed by atoms with Crippen molar-refractivity contribution in [3.63, 3.8) is 0 Å². The molecule has 0 saturated carbocycles. The van der Waals surface area contributed by atoms with Crippen LogP contribution in [-0.4, -0.2) is 27.0 Å². The van der Waals surface area contributed by atoms with Crippen LogP contribution in [0.4, 0.5) is 0 Å². The van der Waals surface area contributed by atoms with Gasteiger partial charge in [-0.25, -0.2) is 4.98 Å². The predicted molar refractivity (Wildman–Crippen MR) is 99.8 cm³/mol. The molecule has 2 heterocycles. The van der Waals surface area contributed by atoms with Crippen molar-refractivity contribution < 1.29 is 4.79 Å². The lowest BCUT2D eigenvalue weighted by Gasteiger charge is -2.14. The Morgan fingerprint density at radius 3 is 2.76 bits per heavy atom. The van der Waals surface area contributed by atoms with E-state index in [1.54, 1.807) is 12.5 Å². The summed E-state index contributed by atoms with van der Waals surface area (Å²) in [4.78, 5) is 21.4. The molecule has 0 spiro atoms. The normalized spacial score (nSPS) is 12.3. The van der Waals surface area contributed by atoms with Crippen molar-refractivity contribution >= 4 is 16.8 Å². The number of rotatable bonds is 5. The number of imidazole rings is 1. The second kappa shape index (κ2) is 7.05. The average molecular weight is 336 g/mol. The third-order valence-corrected chi connectivity index (χ3v) is 4.50. The number of nitrogens with one attached hydrogen (secondary N) is 1. The Morgan fingerprint density at radius 2 is 2.04 bits per heavy atom. The summed E-state index contributed by atoms with van der Waals surface area (Å²) in [6, 6.07) is 6.31. The molecule has 1 unspecified atom stereocenters. The topological polar surface area (TPSA) is 59.8 Å². The second-order valence-corrected chi connectivity index (χ2v) is 6.69. The zero-order valence-corrected chi connectivity index (χ0v) is 15.2. The Morgan fingerprint density at radius 1 is 1.24 bits per heavy atom. The van der Waals surface area contributed by atoms with E-state index in [0.29, 0.717) is 18.2 Å². The van der Waals surface area contributed by atoms with Gasteiger partial charge >= 0.3 is 0 Å². The van der Waals surface area contributed by atoms with Gasteiger partial charge in [0.1, 0.15) is 0 Å². The van der Waals surface area contributed by atoms with Crippen molar-refractivity contribution in [2.24, 2.45) is 0 Å². The molecule has 1 amide bonds. The Labute approximate surface area is 148 Å². The summed E-state index contributed by atoms with van der Waals surface area (Å²) >= 11 is 0. The summed E-state index contributed by atoms with van der Waals surface area (Å²) < 4.78 is 2.05. The maximum Gasteiger partial charge on any atom is 0.252 e. The van der Waals surface area contributed by atoms with Gasteiger partial charge in [0.2, 0.25) is 0 Å². The maximum atomic E-state index is 12.7. The minimum Gasteiger partial charge on any atom is -0.352 e. The van der Waals surface area contributed by atoms with Crippen LogP contribution < -0.4 is 5.32 Å². The Kier molecular flexibility index (Phi) is 4.83. The highest BCUT2D eigenvalue weighted by Gasteiger charge is 2.14. The van der Waals surface area contributed by atoms with Crippen molar-refractivity contribution in [1.29, 1.82) is 0 Å². The molecule has 25 heavy (non-hydrogen) atoms. The standard InChI is InChI=1S/C20H24N4O/c1-13-9-14(2)19-17(10-13)18(11-15(3)23-19)20(25)22-6-5-16(4)24-8-7-21-12-24/h7-12,16H,5-6H2,1-4H3,(H,22,25). The molecular weight excluding hydrogens is 312 g/mol.